The average Bonchev–Trinajstić information content (AvgIpc) is 3.11. The van der Waals surface area contributed by atoms with Crippen LogP contribution in [0.25, 0.3) is 22.3 Å². The van der Waals surface area contributed by atoms with Gasteiger partial charge in [-0.05, 0) is 44.0 Å². The molecule has 1 amide bonds. The number of benzene rings is 1. The maximum atomic E-state index is 12.6. The van der Waals surface area contributed by atoms with Crippen molar-refractivity contribution in [3.05, 3.63) is 47.0 Å². The van der Waals surface area contributed by atoms with Crippen molar-refractivity contribution in [2.75, 3.05) is 13.2 Å². The third-order valence-electron chi connectivity index (χ3n) is 4.63. The van der Waals surface area contributed by atoms with Crippen molar-refractivity contribution in [1.29, 1.82) is 0 Å². The van der Waals surface area contributed by atoms with E-state index in [1.54, 1.807) is 23.0 Å². The molecule has 0 aliphatic carbocycles. The molecular formula is C19H20N4O3. The van der Waals surface area contributed by atoms with Gasteiger partial charge in [0, 0.05) is 29.8 Å². The maximum absolute atomic E-state index is 12.6. The Hall–Kier alpha value is -3.09. The summed E-state index contributed by atoms with van der Waals surface area (Å²) in [6.45, 7) is 3.19. The molecule has 7 nitrogen and oxygen atoms in total. The quantitative estimate of drug-likeness (QED) is 0.754. The number of piperidine rings is 1. The summed E-state index contributed by atoms with van der Waals surface area (Å²) in [5.41, 5.74) is 0.940. The van der Waals surface area contributed by atoms with Gasteiger partial charge in [-0.15, -0.1) is 0 Å². The van der Waals surface area contributed by atoms with Gasteiger partial charge in [0.1, 0.15) is 17.6 Å². The molecule has 3 heterocycles. The van der Waals surface area contributed by atoms with Crippen molar-refractivity contribution in [3.63, 3.8) is 0 Å². The van der Waals surface area contributed by atoms with E-state index in [1.807, 2.05) is 25.1 Å². The predicted octanol–water partition coefficient (Wildman–Crippen LogP) is 2.24. The van der Waals surface area contributed by atoms with E-state index in [1.165, 1.54) is 0 Å². The van der Waals surface area contributed by atoms with Crippen molar-refractivity contribution < 1.29 is 9.53 Å². The number of fused-ring (bicyclic) bond motifs is 1. The smallest absolute Gasteiger partial charge is 0.259 e. The molecule has 1 atom stereocenters. The second kappa shape index (κ2) is 6.67. The van der Waals surface area contributed by atoms with Crippen LogP contribution in [0.4, 0.5) is 0 Å². The molecule has 1 fully saturated rings. The molecule has 0 spiro atoms. The molecule has 1 unspecified atom stereocenters. The Balaban J connectivity index is 1.82. The van der Waals surface area contributed by atoms with Gasteiger partial charge in [0.25, 0.3) is 5.56 Å². The standard InChI is InChI=1S/C19H20N4O3/c1-2-26-13-5-6-15-12(10-13)11-14(18(24)22-15)17-20-8-9-23(17)16-4-3-7-21-19(16)25/h5-6,8-11,16H,2-4,7H2,1H3,(H,21,25)(H,22,24). The van der Waals surface area contributed by atoms with Gasteiger partial charge >= 0.3 is 0 Å². The highest BCUT2D eigenvalue weighted by molar-refractivity contribution is 5.85. The Bertz CT molecular complexity index is 1020. The second-order valence-electron chi connectivity index (χ2n) is 6.30. The predicted molar refractivity (Wildman–Crippen MR) is 98.2 cm³/mol. The largest absolute Gasteiger partial charge is 0.494 e. The molecule has 0 radical (unpaired) electrons. The Labute approximate surface area is 150 Å². The number of hydrogen-bond acceptors (Lipinski definition) is 4. The van der Waals surface area contributed by atoms with Gasteiger partial charge in [0.05, 0.1) is 12.2 Å². The van der Waals surface area contributed by atoms with E-state index in [0.29, 0.717) is 24.5 Å². The number of H-pyrrole nitrogens is 1. The molecule has 134 valence electrons. The summed E-state index contributed by atoms with van der Waals surface area (Å²) in [6.07, 6.45) is 5.01. The molecule has 4 rings (SSSR count). The van der Waals surface area contributed by atoms with Crippen LogP contribution in [0.5, 0.6) is 5.75 Å². The number of ether oxygens (including phenoxy) is 1. The molecule has 1 saturated heterocycles. The first-order chi connectivity index (χ1) is 12.7. The number of aromatic nitrogens is 3. The third-order valence-corrected chi connectivity index (χ3v) is 4.63. The lowest BCUT2D eigenvalue weighted by Crippen LogP contribution is -2.38. The Morgan fingerprint density at radius 2 is 2.19 bits per heavy atom. The molecule has 1 aliphatic rings. The number of imidazole rings is 1. The van der Waals surface area contributed by atoms with E-state index < -0.39 is 0 Å². The minimum absolute atomic E-state index is 0.0358. The fraction of sp³-hybridized carbons (Fsp3) is 0.316. The highest BCUT2D eigenvalue weighted by Gasteiger charge is 2.26. The zero-order valence-electron chi connectivity index (χ0n) is 14.5. The summed E-state index contributed by atoms with van der Waals surface area (Å²) < 4.78 is 7.33. The molecule has 3 aromatic rings. The molecule has 1 aromatic carbocycles. The summed E-state index contributed by atoms with van der Waals surface area (Å²) in [5.74, 6) is 1.20. The van der Waals surface area contributed by atoms with Crippen LogP contribution in [0.2, 0.25) is 0 Å². The summed E-state index contributed by atoms with van der Waals surface area (Å²) in [4.78, 5) is 32.1. The first-order valence-corrected chi connectivity index (χ1v) is 8.78. The Morgan fingerprint density at radius 3 is 3.00 bits per heavy atom. The number of nitrogens with one attached hydrogen (secondary N) is 2. The van der Waals surface area contributed by atoms with E-state index in [4.69, 9.17) is 4.74 Å². The van der Waals surface area contributed by atoms with Crippen molar-refractivity contribution in [1.82, 2.24) is 19.9 Å². The lowest BCUT2D eigenvalue weighted by molar-refractivity contribution is -0.125. The summed E-state index contributed by atoms with van der Waals surface area (Å²) in [5, 5.41) is 3.73. The molecule has 7 heteroatoms. The van der Waals surface area contributed by atoms with Crippen LogP contribution in [0.15, 0.2) is 41.5 Å². The maximum Gasteiger partial charge on any atom is 0.259 e. The highest BCUT2D eigenvalue weighted by Crippen LogP contribution is 2.26. The van der Waals surface area contributed by atoms with Gasteiger partial charge in [-0.1, -0.05) is 0 Å². The monoisotopic (exact) mass is 352 g/mol. The Kier molecular flexibility index (Phi) is 4.20. The van der Waals surface area contributed by atoms with Crippen molar-refractivity contribution in [2.24, 2.45) is 0 Å². The van der Waals surface area contributed by atoms with Crippen molar-refractivity contribution >= 4 is 16.8 Å². The zero-order chi connectivity index (χ0) is 18.1. The van der Waals surface area contributed by atoms with Crippen LogP contribution in [-0.4, -0.2) is 33.6 Å². The molecule has 0 bridgehead atoms. The number of rotatable bonds is 4. The summed E-state index contributed by atoms with van der Waals surface area (Å²) in [7, 11) is 0. The highest BCUT2D eigenvalue weighted by atomic mass is 16.5. The number of amides is 1. The fourth-order valence-corrected chi connectivity index (χ4v) is 3.40. The second-order valence-corrected chi connectivity index (χ2v) is 6.30. The first-order valence-electron chi connectivity index (χ1n) is 8.78. The van der Waals surface area contributed by atoms with Crippen LogP contribution in [0.1, 0.15) is 25.8 Å². The van der Waals surface area contributed by atoms with E-state index in [9.17, 15) is 9.59 Å². The van der Waals surface area contributed by atoms with E-state index >= 15 is 0 Å². The van der Waals surface area contributed by atoms with Gasteiger partial charge in [-0.3, -0.25) is 9.59 Å². The minimum atomic E-state index is -0.342. The number of aromatic amines is 1. The van der Waals surface area contributed by atoms with Crippen molar-refractivity contribution in [3.8, 4) is 17.1 Å². The third kappa shape index (κ3) is 2.85. The topological polar surface area (TPSA) is 89.0 Å². The molecule has 0 saturated carbocycles. The molecule has 2 N–H and O–H groups in total. The van der Waals surface area contributed by atoms with Crippen LogP contribution < -0.4 is 15.6 Å². The normalized spacial score (nSPS) is 17.3. The van der Waals surface area contributed by atoms with Gasteiger partial charge in [-0.25, -0.2) is 4.98 Å². The Morgan fingerprint density at radius 1 is 1.31 bits per heavy atom. The van der Waals surface area contributed by atoms with Gasteiger partial charge < -0.3 is 19.6 Å². The summed E-state index contributed by atoms with van der Waals surface area (Å²) >= 11 is 0. The number of carbonyl (C=O) groups is 1. The van der Waals surface area contributed by atoms with Crippen LogP contribution in [-0.2, 0) is 4.79 Å². The lowest BCUT2D eigenvalue weighted by atomic mass is 10.1. The van der Waals surface area contributed by atoms with E-state index in [2.05, 4.69) is 15.3 Å². The van der Waals surface area contributed by atoms with Crippen molar-refractivity contribution in [2.45, 2.75) is 25.8 Å². The number of hydrogen-bond donors (Lipinski definition) is 2. The fourth-order valence-electron chi connectivity index (χ4n) is 3.40. The SMILES string of the molecule is CCOc1ccc2[nH]c(=O)c(-c3nccn3C3CCCNC3=O)cc2c1. The number of nitrogens with zero attached hydrogens (tertiary/aromatic N) is 2. The van der Waals surface area contributed by atoms with Gasteiger partial charge in [-0.2, -0.15) is 0 Å². The lowest BCUT2D eigenvalue weighted by Gasteiger charge is -2.24. The van der Waals surface area contributed by atoms with Crippen LogP contribution in [0, 0.1) is 0 Å². The van der Waals surface area contributed by atoms with Crippen LogP contribution in [0.3, 0.4) is 0 Å². The van der Waals surface area contributed by atoms with Gasteiger partial charge in [0.15, 0.2) is 0 Å². The first kappa shape index (κ1) is 16.4. The molecular weight excluding hydrogens is 332 g/mol. The van der Waals surface area contributed by atoms with E-state index in [-0.39, 0.29) is 17.5 Å². The average molecular weight is 352 g/mol. The number of pyridine rings is 1. The summed E-state index contributed by atoms with van der Waals surface area (Å²) in [6, 6.07) is 7.00. The van der Waals surface area contributed by atoms with Gasteiger partial charge in [0.2, 0.25) is 5.91 Å². The molecule has 1 aliphatic heterocycles. The van der Waals surface area contributed by atoms with E-state index in [0.717, 1.165) is 29.5 Å². The minimum Gasteiger partial charge on any atom is -0.494 e. The van der Waals surface area contributed by atoms with Crippen LogP contribution >= 0.6 is 0 Å². The number of carbonyl (C=O) groups excluding carboxylic acids is 1. The molecule has 26 heavy (non-hydrogen) atoms. The zero-order valence-corrected chi connectivity index (χ0v) is 14.5. The molecule has 2 aromatic heterocycles.